The number of hydrogen-bond donors (Lipinski definition) is 2. The van der Waals surface area contributed by atoms with Crippen molar-refractivity contribution in [3.63, 3.8) is 0 Å². The molecule has 6 nitrogen and oxygen atoms in total. The van der Waals surface area contributed by atoms with Crippen molar-refractivity contribution >= 4 is 28.2 Å². The Morgan fingerprint density at radius 2 is 2.10 bits per heavy atom. The van der Waals surface area contributed by atoms with Crippen molar-refractivity contribution in [3.8, 4) is 0 Å². The van der Waals surface area contributed by atoms with E-state index in [0.717, 1.165) is 11.3 Å². The van der Waals surface area contributed by atoms with Gasteiger partial charge in [0.05, 0.1) is 25.3 Å². The molecule has 0 aliphatic rings. The minimum atomic E-state index is -0.406. The Balaban J connectivity index is 2.66. The first kappa shape index (κ1) is 17.6. The van der Waals surface area contributed by atoms with Crippen molar-refractivity contribution in [2.45, 2.75) is 20.3 Å². The molecule has 0 radical (unpaired) electrons. The second kappa shape index (κ2) is 9.49. The number of carbonyl (C=O) groups is 2. The smallest absolute Gasteiger partial charge is 0.341 e. The van der Waals surface area contributed by atoms with Crippen molar-refractivity contribution in [2.24, 2.45) is 0 Å². The normalized spacial score (nSPS) is 10.4. The van der Waals surface area contributed by atoms with E-state index in [9.17, 15) is 9.59 Å². The Kier molecular flexibility index (Phi) is 7.96. The van der Waals surface area contributed by atoms with E-state index in [-0.39, 0.29) is 12.5 Å². The maximum absolute atomic E-state index is 11.9. The van der Waals surface area contributed by atoms with E-state index in [0.29, 0.717) is 30.3 Å². The zero-order valence-electron chi connectivity index (χ0n) is 12.7. The maximum atomic E-state index is 11.9. The fourth-order valence-corrected chi connectivity index (χ4v) is 2.62. The van der Waals surface area contributed by atoms with Crippen LogP contribution in [0.4, 0.5) is 5.00 Å². The van der Waals surface area contributed by atoms with Crippen LogP contribution in [0.3, 0.4) is 0 Å². The third kappa shape index (κ3) is 5.82. The van der Waals surface area contributed by atoms with Crippen LogP contribution >= 0.6 is 11.3 Å². The van der Waals surface area contributed by atoms with Crippen LogP contribution in [0.1, 0.15) is 29.1 Å². The van der Waals surface area contributed by atoms with Crippen molar-refractivity contribution in [3.05, 3.63) is 16.5 Å². The standard InChI is InChI=1S/C14H22N2O4S/c1-4-10-8-11(14(18)20-5-2)13(21-10)16-12(17)9-15-6-7-19-3/h8,15H,4-7,9H2,1-3H3,(H,16,17). The minimum absolute atomic E-state index is 0.172. The van der Waals surface area contributed by atoms with Gasteiger partial charge in [-0.3, -0.25) is 4.79 Å². The van der Waals surface area contributed by atoms with Crippen LogP contribution in [0.5, 0.6) is 0 Å². The van der Waals surface area contributed by atoms with Gasteiger partial charge in [-0.15, -0.1) is 11.3 Å². The molecule has 0 bridgehead atoms. The highest BCUT2D eigenvalue weighted by molar-refractivity contribution is 7.16. The van der Waals surface area contributed by atoms with Gasteiger partial charge in [-0.25, -0.2) is 4.79 Å². The van der Waals surface area contributed by atoms with Crippen molar-refractivity contribution in [1.82, 2.24) is 5.32 Å². The van der Waals surface area contributed by atoms with Crippen LogP contribution in [0.25, 0.3) is 0 Å². The van der Waals surface area contributed by atoms with Gasteiger partial charge in [0.25, 0.3) is 0 Å². The SMILES string of the molecule is CCOC(=O)c1cc(CC)sc1NC(=O)CNCCOC. The summed E-state index contributed by atoms with van der Waals surface area (Å²) in [6, 6.07) is 1.77. The monoisotopic (exact) mass is 314 g/mol. The van der Waals surface area contributed by atoms with Gasteiger partial charge in [0.15, 0.2) is 0 Å². The number of amides is 1. The van der Waals surface area contributed by atoms with Crippen molar-refractivity contribution in [1.29, 1.82) is 0 Å². The molecule has 7 heteroatoms. The zero-order valence-corrected chi connectivity index (χ0v) is 13.5. The van der Waals surface area contributed by atoms with Crippen LogP contribution in [0, 0.1) is 0 Å². The molecule has 1 amide bonds. The lowest BCUT2D eigenvalue weighted by molar-refractivity contribution is -0.115. The lowest BCUT2D eigenvalue weighted by Gasteiger charge is -2.07. The van der Waals surface area contributed by atoms with E-state index in [1.807, 2.05) is 6.92 Å². The summed E-state index contributed by atoms with van der Waals surface area (Å²) in [6.07, 6.45) is 0.805. The molecule has 0 unspecified atom stereocenters. The third-order valence-corrected chi connectivity index (χ3v) is 3.84. The van der Waals surface area contributed by atoms with Crippen molar-refractivity contribution < 1.29 is 19.1 Å². The van der Waals surface area contributed by atoms with Crippen LogP contribution in [-0.4, -0.2) is 45.3 Å². The molecule has 1 heterocycles. The third-order valence-electron chi connectivity index (χ3n) is 2.65. The molecule has 1 rings (SSSR count). The Hall–Kier alpha value is -1.44. The van der Waals surface area contributed by atoms with E-state index >= 15 is 0 Å². The summed E-state index contributed by atoms with van der Waals surface area (Å²) in [7, 11) is 1.60. The van der Waals surface area contributed by atoms with Crippen LogP contribution in [0.15, 0.2) is 6.07 Å². The van der Waals surface area contributed by atoms with Gasteiger partial charge in [0, 0.05) is 18.5 Å². The van der Waals surface area contributed by atoms with E-state index in [4.69, 9.17) is 9.47 Å². The second-order valence-electron chi connectivity index (χ2n) is 4.25. The number of hydrogen-bond acceptors (Lipinski definition) is 6. The molecule has 0 aliphatic carbocycles. The molecule has 1 aromatic rings. The number of esters is 1. The van der Waals surface area contributed by atoms with Crippen LogP contribution in [0.2, 0.25) is 0 Å². The summed E-state index contributed by atoms with van der Waals surface area (Å²) in [6.45, 7) is 5.37. The number of methoxy groups -OCH3 is 1. The van der Waals surface area contributed by atoms with Gasteiger partial charge in [-0.05, 0) is 19.4 Å². The summed E-state index contributed by atoms with van der Waals surface area (Å²) >= 11 is 1.40. The Morgan fingerprint density at radius 3 is 2.71 bits per heavy atom. The largest absolute Gasteiger partial charge is 0.462 e. The van der Waals surface area contributed by atoms with Gasteiger partial charge in [-0.2, -0.15) is 0 Å². The molecule has 0 fully saturated rings. The van der Waals surface area contributed by atoms with Gasteiger partial charge < -0.3 is 20.1 Å². The average Bonchev–Trinajstić information content (AvgIpc) is 2.87. The highest BCUT2D eigenvalue weighted by Crippen LogP contribution is 2.29. The summed E-state index contributed by atoms with van der Waals surface area (Å²) in [5.74, 6) is -0.600. The average molecular weight is 314 g/mol. The molecule has 1 aromatic heterocycles. The first-order chi connectivity index (χ1) is 10.1. The fraction of sp³-hybridized carbons (Fsp3) is 0.571. The molecule has 0 saturated heterocycles. The Morgan fingerprint density at radius 1 is 1.33 bits per heavy atom. The van der Waals surface area contributed by atoms with Crippen LogP contribution < -0.4 is 10.6 Å². The summed E-state index contributed by atoms with van der Waals surface area (Å²) in [5.41, 5.74) is 0.420. The molecule has 21 heavy (non-hydrogen) atoms. The highest BCUT2D eigenvalue weighted by atomic mass is 32.1. The molecule has 0 saturated carbocycles. The minimum Gasteiger partial charge on any atom is -0.462 e. The fourth-order valence-electron chi connectivity index (χ4n) is 1.62. The van der Waals surface area contributed by atoms with E-state index in [1.54, 1.807) is 20.1 Å². The highest BCUT2D eigenvalue weighted by Gasteiger charge is 2.18. The molecule has 2 N–H and O–H groups in total. The number of ether oxygens (including phenoxy) is 2. The number of aryl methyl sites for hydroxylation is 1. The number of nitrogens with one attached hydrogen (secondary N) is 2. The van der Waals surface area contributed by atoms with Gasteiger partial charge in [0.2, 0.25) is 5.91 Å². The molecular formula is C14H22N2O4S. The van der Waals surface area contributed by atoms with Crippen LogP contribution in [-0.2, 0) is 20.7 Å². The number of rotatable bonds is 9. The predicted molar refractivity (Wildman–Crippen MR) is 83.0 cm³/mol. The molecule has 0 aliphatic heterocycles. The number of thiophene rings is 1. The Bertz CT molecular complexity index is 474. The predicted octanol–water partition coefficient (Wildman–Crippen LogP) is 1.66. The van der Waals surface area contributed by atoms with Gasteiger partial charge in [0.1, 0.15) is 5.00 Å². The maximum Gasteiger partial charge on any atom is 0.341 e. The van der Waals surface area contributed by atoms with Crippen molar-refractivity contribution in [2.75, 3.05) is 38.7 Å². The summed E-state index contributed by atoms with van der Waals surface area (Å²) < 4.78 is 9.89. The number of anilines is 1. The Labute approximate surface area is 128 Å². The number of carbonyl (C=O) groups excluding carboxylic acids is 2. The quantitative estimate of drug-likeness (QED) is 0.535. The zero-order chi connectivity index (χ0) is 15.7. The lowest BCUT2D eigenvalue weighted by Crippen LogP contribution is -2.30. The first-order valence-electron chi connectivity index (χ1n) is 6.91. The van der Waals surface area contributed by atoms with E-state index in [1.165, 1.54) is 11.3 Å². The molecule has 118 valence electrons. The van der Waals surface area contributed by atoms with E-state index < -0.39 is 5.97 Å². The molecular weight excluding hydrogens is 292 g/mol. The van der Waals surface area contributed by atoms with Gasteiger partial charge in [-0.1, -0.05) is 6.92 Å². The molecule has 0 spiro atoms. The molecule has 0 aromatic carbocycles. The van der Waals surface area contributed by atoms with E-state index in [2.05, 4.69) is 10.6 Å². The summed E-state index contributed by atoms with van der Waals surface area (Å²) in [4.78, 5) is 24.8. The topological polar surface area (TPSA) is 76.7 Å². The second-order valence-corrected chi connectivity index (χ2v) is 5.38. The lowest BCUT2D eigenvalue weighted by atomic mass is 10.2. The van der Waals surface area contributed by atoms with Gasteiger partial charge >= 0.3 is 5.97 Å². The first-order valence-corrected chi connectivity index (χ1v) is 7.73. The summed E-state index contributed by atoms with van der Waals surface area (Å²) in [5, 5.41) is 6.25. The molecule has 0 atom stereocenters.